The summed E-state index contributed by atoms with van der Waals surface area (Å²) in [7, 11) is 0. The molecule has 114 valence electrons. The summed E-state index contributed by atoms with van der Waals surface area (Å²) in [4.78, 5) is 1.45. The fourth-order valence-electron chi connectivity index (χ4n) is 2.50. The first-order chi connectivity index (χ1) is 10.2. The second kappa shape index (κ2) is 8.66. The van der Waals surface area contributed by atoms with Gasteiger partial charge in [-0.2, -0.15) is 0 Å². The van der Waals surface area contributed by atoms with Gasteiger partial charge in [0.25, 0.3) is 0 Å². The van der Waals surface area contributed by atoms with E-state index >= 15 is 0 Å². The Labute approximate surface area is 138 Å². The smallest absolute Gasteiger partial charge is 0.124 e. The van der Waals surface area contributed by atoms with E-state index in [0.29, 0.717) is 6.04 Å². The van der Waals surface area contributed by atoms with Crippen LogP contribution in [0.25, 0.3) is 0 Å². The number of hydrogen-bond acceptors (Lipinski definition) is 2. The highest BCUT2D eigenvalue weighted by Gasteiger charge is 2.11. The van der Waals surface area contributed by atoms with Crippen molar-refractivity contribution in [1.29, 1.82) is 0 Å². The SMILES string of the molecule is CCNC(CCCc1cccs1)Cc1ccc(F)cc1Br. The molecule has 1 unspecified atom stereocenters. The van der Waals surface area contributed by atoms with E-state index in [2.05, 4.69) is 45.7 Å². The zero-order valence-corrected chi connectivity index (χ0v) is 14.6. The van der Waals surface area contributed by atoms with Crippen molar-refractivity contribution in [2.75, 3.05) is 6.54 Å². The monoisotopic (exact) mass is 369 g/mol. The second-order valence-electron chi connectivity index (χ2n) is 5.17. The van der Waals surface area contributed by atoms with E-state index < -0.39 is 0 Å². The molecule has 1 heterocycles. The van der Waals surface area contributed by atoms with Crippen molar-refractivity contribution in [2.45, 2.75) is 38.6 Å². The van der Waals surface area contributed by atoms with Gasteiger partial charge in [-0.1, -0.05) is 35.0 Å². The molecule has 0 bridgehead atoms. The third-order valence-corrected chi connectivity index (χ3v) is 5.20. The summed E-state index contributed by atoms with van der Waals surface area (Å²) in [5.41, 5.74) is 1.17. The van der Waals surface area contributed by atoms with Crippen LogP contribution in [0.5, 0.6) is 0 Å². The van der Waals surface area contributed by atoms with Crippen LogP contribution >= 0.6 is 27.3 Å². The van der Waals surface area contributed by atoms with E-state index in [0.717, 1.165) is 30.3 Å². The summed E-state index contributed by atoms with van der Waals surface area (Å²) in [5.74, 6) is -0.191. The topological polar surface area (TPSA) is 12.0 Å². The fraction of sp³-hybridized carbons (Fsp3) is 0.412. The molecule has 2 aromatic rings. The molecule has 0 radical (unpaired) electrons. The maximum absolute atomic E-state index is 13.1. The fourth-order valence-corrected chi connectivity index (χ4v) is 3.76. The molecule has 0 amide bonds. The average molecular weight is 370 g/mol. The summed E-state index contributed by atoms with van der Waals surface area (Å²) >= 11 is 5.29. The summed E-state index contributed by atoms with van der Waals surface area (Å²) in [6.07, 6.45) is 4.38. The van der Waals surface area contributed by atoms with Gasteiger partial charge in [-0.05, 0) is 61.4 Å². The number of aryl methyl sites for hydroxylation is 1. The predicted molar refractivity (Wildman–Crippen MR) is 92.5 cm³/mol. The molecule has 1 aromatic carbocycles. The summed E-state index contributed by atoms with van der Waals surface area (Å²) in [5, 5.41) is 5.67. The van der Waals surface area contributed by atoms with E-state index in [4.69, 9.17) is 0 Å². The van der Waals surface area contributed by atoms with Crippen molar-refractivity contribution in [2.24, 2.45) is 0 Å². The molecule has 21 heavy (non-hydrogen) atoms. The predicted octanol–water partition coefficient (Wildman–Crippen LogP) is 5.19. The minimum atomic E-state index is -0.191. The maximum Gasteiger partial charge on any atom is 0.124 e. The second-order valence-corrected chi connectivity index (χ2v) is 7.05. The van der Waals surface area contributed by atoms with Crippen LogP contribution in [0, 0.1) is 5.82 Å². The van der Waals surface area contributed by atoms with Crippen LogP contribution < -0.4 is 5.32 Å². The molecule has 0 fully saturated rings. The van der Waals surface area contributed by atoms with Crippen molar-refractivity contribution in [3.05, 3.63) is 56.4 Å². The molecule has 1 aromatic heterocycles. The van der Waals surface area contributed by atoms with Gasteiger partial charge in [0.05, 0.1) is 0 Å². The molecule has 4 heteroatoms. The molecule has 1 N–H and O–H groups in total. The van der Waals surface area contributed by atoms with Gasteiger partial charge in [0.2, 0.25) is 0 Å². The minimum Gasteiger partial charge on any atom is -0.314 e. The zero-order valence-electron chi connectivity index (χ0n) is 12.2. The number of halogens is 2. The molecular weight excluding hydrogens is 349 g/mol. The van der Waals surface area contributed by atoms with Crippen LogP contribution in [0.3, 0.4) is 0 Å². The lowest BCUT2D eigenvalue weighted by Gasteiger charge is -2.18. The van der Waals surface area contributed by atoms with Crippen molar-refractivity contribution in [1.82, 2.24) is 5.32 Å². The number of hydrogen-bond donors (Lipinski definition) is 1. The van der Waals surface area contributed by atoms with Crippen LogP contribution in [0.1, 0.15) is 30.2 Å². The lowest BCUT2D eigenvalue weighted by Crippen LogP contribution is -2.31. The molecule has 0 saturated carbocycles. The number of thiophene rings is 1. The lowest BCUT2D eigenvalue weighted by atomic mass is 10.0. The van der Waals surface area contributed by atoms with Gasteiger partial charge in [-0.3, -0.25) is 0 Å². The Hall–Kier alpha value is -0.710. The molecule has 1 atom stereocenters. The Morgan fingerprint density at radius 1 is 1.33 bits per heavy atom. The van der Waals surface area contributed by atoms with E-state index in [1.165, 1.54) is 22.9 Å². The highest BCUT2D eigenvalue weighted by molar-refractivity contribution is 9.10. The van der Waals surface area contributed by atoms with Gasteiger partial charge in [0, 0.05) is 15.4 Å². The largest absolute Gasteiger partial charge is 0.314 e. The number of nitrogens with one attached hydrogen (secondary N) is 1. The number of likely N-dealkylation sites (N-methyl/N-ethyl adjacent to an activating group) is 1. The van der Waals surface area contributed by atoms with Crippen molar-refractivity contribution in [3.8, 4) is 0 Å². The zero-order chi connectivity index (χ0) is 15.1. The third-order valence-electron chi connectivity index (χ3n) is 3.53. The highest BCUT2D eigenvalue weighted by Crippen LogP contribution is 2.21. The van der Waals surface area contributed by atoms with E-state index in [-0.39, 0.29) is 5.82 Å². The standard InChI is InChI=1S/C17H21BrFNS/c1-2-20-15(5-3-6-16-7-4-10-21-16)11-13-8-9-14(19)12-17(13)18/h4,7-10,12,15,20H,2-3,5-6,11H2,1H3. The van der Waals surface area contributed by atoms with Crippen LogP contribution in [0.15, 0.2) is 40.2 Å². The summed E-state index contributed by atoms with van der Waals surface area (Å²) < 4.78 is 14.0. The molecule has 0 aliphatic heterocycles. The van der Waals surface area contributed by atoms with Crippen LogP contribution in [0.2, 0.25) is 0 Å². The molecule has 0 saturated heterocycles. The molecule has 1 nitrogen and oxygen atoms in total. The number of rotatable bonds is 8. The molecular formula is C17H21BrFNS. The highest BCUT2D eigenvalue weighted by atomic mass is 79.9. The lowest BCUT2D eigenvalue weighted by molar-refractivity contribution is 0.476. The normalized spacial score (nSPS) is 12.5. The molecule has 2 rings (SSSR count). The maximum atomic E-state index is 13.1. The third kappa shape index (κ3) is 5.53. The van der Waals surface area contributed by atoms with E-state index in [1.807, 2.05) is 17.4 Å². The Bertz CT molecular complexity index is 542. The van der Waals surface area contributed by atoms with Crippen molar-refractivity contribution < 1.29 is 4.39 Å². The summed E-state index contributed by atoms with van der Waals surface area (Å²) in [6.45, 7) is 3.09. The van der Waals surface area contributed by atoms with E-state index in [9.17, 15) is 4.39 Å². The Kier molecular flexibility index (Phi) is 6.87. The van der Waals surface area contributed by atoms with Gasteiger partial charge in [-0.15, -0.1) is 11.3 Å². The molecule has 0 spiro atoms. The van der Waals surface area contributed by atoms with E-state index in [1.54, 1.807) is 6.07 Å². The van der Waals surface area contributed by atoms with Gasteiger partial charge in [0.1, 0.15) is 5.82 Å². The first-order valence-electron chi connectivity index (χ1n) is 7.38. The Balaban J connectivity index is 1.88. The van der Waals surface area contributed by atoms with Crippen LogP contribution in [-0.4, -0.2) is 12.6 Å². The van der Waals surface area contributed by atoms with Crippen molar-refractivity contribution >= 4 is 27.3 Å². The van der Waals surface area contributed by atoms with Gasteiger partial charge in [-0.25, -0.2) is 4.39 Å². The van der Waals surface area contributed by atoms with Gasteiger partial charge >= 0.3 is 0 Å². The quantitative estimate of drug-likeness (QED) is 0.674. The van der Waals surface area contributed by atoms with Crippen molar-refractivity contribution in [3.63, 3.8) is 0 Å². The van der Waals surface area contributed by atoms with Crippen LogP contribution in [0.4, 0.5) is 4.39 Å². The first kappa shape index (κ1) is 16.7. The Morgan fingerprint density at radius 3 is 2.86 bits per heavy atom. The Morgan fingerprint density at radius 2 is 2.19 bits per heavy atom. The number of benzene rings is 1. The summed E-state index contributed by atoms with van der Waals surface area (Å²) in [6, 6.07) is 9.71. The van der Waals surface area contributed by atoms with Crippen LogP contribution in [-0.2, 0) is 12.8 Å². The van der Waals surface area contributed by atoms with Gasteiger partial charge in [0.15, 0.2) is 0 Å². The minimum absolute atomic E-state index is 0.191. The first-order valence-corrected chi connectivity index (χ1v) is 9.06. The average Bonchev–Trinajstić information content (AvgIpc) is 2.95. The van der Waals surface area contributed by atoms with Gasteiger partial charge < -0.3 is 5.32 Å². The molecule has 0 aliphatic rings. The molecule has 0 aliphatic carbocycles.